The number of nitrogens with one attached hydrogen (secondary N) is 1. The number of benzene rings is 2. The van der Waals surface area contributed by atoms with Gasteiger partial charge in [-0.1, -0.05) is 42.5 Å². The lowest BCUT2D eigenvalue weighted by Gasteiger charge is -2.09. The summed E-state index contributed by atoms with van der Waals surface area (Å²) in [4.78, 5) is 16.0. The normalized spacial score (nSPS) is 10.3. The highest BCUT2D eigenvalue weighted by atomic mass is 16.5. The molecular weight excluding hydrogens is 264 g/mol. The van der Waals surface area contributed by atoms with Crippen LogP contribution in [-0.4, -0.2) is 11.1 Å². The third-order valence-corrected chi connectivity index (χ3v) is 3.13. The zero-order valence-corrected chi connectivity index (χ0v) is 11.3. The number of pyridine rings is 1. The molecule has 0 unspecified atom stereocenters. The molecule has 0 fully saturated rings. The van der Waals surface area contributed by atoms with E-state index in [1.165, 1.54) is 0 Å². The SMILES string of the molecule is O=C(Nc1cccc2ccncc12)OCc1ccccc1. The summed E-state index contributed by atoms with van der Waals surface area (Å²) < 4.78 is 5.21. The van der Waals surface area contributed by atoms with Crippen LogP contribution in [0.3, 0.4) is 0 Å². The van der Waals surface area contributed by atoms with Gasteiger partial charge in [0.05, 0.1) is 5.69 Å². The van der Waals surface area contributed by atoms with E-state index in [0.717, 1.165) is 16.3 Å². The van der Waals surface area contributed by atoms with E-state index in [2.05, 4.69) is 10.3 Å². The van der Waals surface area contributed by atoms with Gasteiger partial charge in [-0.15, -0.1) is 0 Å². The summed E-state index contributed by atoms with van der Waals surface area (Å²) >= 11 is 0. The molecule has 4 heteroatoms. The summed E-state index contributed by atoms with van der Waals surface area (Å²) in [6, 6.07) is 17.1. The smallest absolute Gasteiger partial charge is 0.411 e. The highest BCUT2D eigenvalue weighted by molar-refractivity contribution is 5.99. The summed E-state index contributed by atoms with van der Waals surface area (Å²) in [5, 5.41) is 4.66. The van der Waals surface area contributed by atoms with Crippen LogP contribution in [0.1, 0.15) is 5.56 Å². The Morgan fingerprint density at radius 1 is 1.05 bits per heavy atom. The molecule has 3 aromatic rings. The Balaban J connectivity index is 1.69. The van der Waals surface area contributed by atoms with Crippen molar-refractivity contribution in [2.24, 2.45) is 0 Å². The van der Waals surface area contributed by atoms with Crippen molar-refractivity contribution in [1.29, 1.82) is 0 Å². The second kappa shape index (κ2) is 6.05. The molecule has 0 radical (unpaired) electrons. The van der Waals surface area contributed by atoms with E-state index in [9.17, 15) is 4.79 Å². The third-order valence-electron chi connectivity index (χ3n) is 3.13. The number of amides is 1. The Bertz CT molecular complexity index is 752. The monoisotopic (exact) mass is 278 g/mol. The van der Waals surface area contributed by atoms with Crippen molar-refractivity contribution in [1.82, 2.24) is 4.98 Å². The molecule has 2 aromatic carbocycles. The van der Waals surface area contributed by atoms with E-state index in [4.69, 9.17) is 4.74 Å². The van der Waals surface area contributed by atoms with Gasteiger partial charge < -0.3 is 4.74 Å². The lowest BCUT2D eigenvalue weighted by molar-refractivity contribution is 0.155. The standard InChI is InChI=1S/C17H14N2O2/c20-17(21-12-13-5-2-1-3-6-13)19-16-8-4-7-14-9-10-18-11-15(14)16/h1-11H,12H2,(H,19,20). The van der Waals surface area contributed by atoms with Crippen LogP contribution in [0.5, 0.6) is 0 Å². The lowest BCUT2D eigenvalue weighted by Crippen LogP contribution is -2.13. The van der Waals surface area contributed by atoms with Crippen molar-refractivity contribution in [3.63, 3.8) is 0 Å². The summed E-state index contributed by atoms with van der Waals surface area (Å²) in [5.41, 5.74) is 1.64. The molecular formula is C17H14N2O2. The molecule has 0 aliphatic carbocycles. The highest BCUT2D eigenvalue weighted by Crippen LogP contribution is 2.22. The molecule has 4 nitrogen and oxygen atoms in total. The maximum atomic E-state index is 11.9. The largest absolute Gasteiger partial charge is 0.444 e. The van der Waals surface area contributed by atoms with Crippen molar-refractivity contribution in [2.75, 3.05) is 5.32 Å². The average molecular weight is 278 g/mol. The number of nitrogens with zero attached hydrogens (tertiary/aromatic N) is 1. The van der Waals surface area contributed by atoms with Gasteiger partial charge in [-0.25, -0.2) is 4.79 Å². The Labute approximate surface area is 122 Å². The first kappa shape index (κ1) is 13.1. The molecule has 0 saturated heterocycles. The van der Waals surface area contributed by atoms with Crippen LogP contribution in [0.25, 0.3) is 10.8 Å². The topological polar surface area (TPSA) is 51.2 Å². The fourth-order valence-electron chi connectivity index (χ4n) is 2.09. The van der Waals surface area contributed by atoms with Crippen molar-refractivity contribution in [2.45, 2.75) is 6.61 Å². The van der Waals surface area contributed by atoms with Crippen LogP contribution in [0.4, 0.5) is 10.5 Å². The third kappa shape index (κ3) is 3.17. The van der Waals surface area contributed by atoms with Crippen molar-refractivity contribution in [3.8, 4) is 0 Å². The van der Waals surface area contributed by atoms with Gasteiger partial charge in [0.1, 0.15) is 6.61 Å². The molecule has 3 rings (SSSR count). The van der Waals surface area contributed by atoms with Crippen LogP contribution >= 0.6 is 0 Å². The Morgan fingerprint density at radius 2 is 1.90 bits per heavy atom. The highest BCUT2D eigenvalue weighted by Gasteiger charge is 2.06. The maximum absolute atomic E-state index is 11.9. The molecule has 1 heterocycles. The number of hydrogen-bond donors (Lipinski definition) is 1. The number of rotatable bonds is 3. The number of ether oxygens (including phenoxy) is 1. The van der Waals surface area contributed by atoms with Crippen LogP contribution < -0.4 is 5.32 Å². The van der Waals surface area contributed by atoms with Gasteiger partial charge in [-0.2, -0.15) is 0 Å². The molecule has 0 saturated carbocycles. The average Bonchev–Trinajstić information content (AvgIpc) is 2.54. The molecule has 1 aromatic heterocycles. The zero-order chi connectivity index (χ0) is 14.5. The van der Waals surface area contributed by atoms with Crippen molar-refractivity contribution < 1.29 is 9.53 Å². The van der Waals surface area contributed by atoms with Crippen LogP contribution in [0.2, 0.25) is 0 Å². The Morgan fingerprint density at radius 3 is 2.76 bits per heavy atom. The van der Waals surface area contributed by atoms with E-state index >= 15 is 0 Å². The molecule has 0 aliphatic rings. The number of carbonyl (C=O) groups excluding carboxylic acids is 1. The van der Waals surface area contributed by atoms with E-state index in [1.54, 1.807) is 12.4 Å². The predicted molar refractivity (Wildman–Crippen MR) is 82.0 cm³/mol. The minimum Gasteiger partial charge on any atom is -0.444 e. The van der Waals surface area contributed by atoms with Gasteiger partial charge in [0.2, 0.25) is 0 Å². The minimum absolute atomic E-state index is 0.246. The molecule has 1 N–H and O–H groups in total. The van der Waals surface area contributed by atoms with E-state index < -0.39 is 6.09 Å². The summed E-state index contributed by atoms with van der Waals surface area (Å²) in [5.74, 6) is 0. The first-order valence-corrected chi connectivity index (χ1v) is 6.63. The first-order chi connectivity index (χ1) is 10.3. The van der Waals surface area contributed by atoms with Gasteiger partial charge in [-0.05, 0) is 23.1 Å². The summed E-state index contributed by atoms with van der Waals surface area (Å²) in [6.45, 7) is 0.246. The van der Waals surface area contributed by atoms with Gasteiger partial charge in [0, 0.05) is 17.8 Å². The molecule has 104 valence electrons. The van der Waals surface area contributed by atoms with Gasteiger partial charge in [0.15, 0.2) is 0 Å². The molecule has 0 bridgehead atoms. The van der Waals surface area contributed by atoms with Crippen LogP contribution in [0, 0.1) is 0 Å². The zero-order valence-electron chi connectivity index (χ0n) is 11.3. The van der Waals surface area contributed by atoms with Gasteiger partial charge >= 0.3 is 6.09 Å². The number of fused-ring (bicyclic) bond motifs is 1. The van der Waals surface area contributed by atoms with Gasteiger partial charge in [0.25, 0.3) is 0 Å². The fraction of sp³-hybridized carbons (Fsp3) is 0.0588. The van der Waals surface area contributed by atoms with Crippen molar-refractivity contribution in [3.05, 3.63) is 72.6 Å². The van der Waals surface area contributed by atoms with Crippen LogP contribution in [0.15, 0.2) is 67.0 Å². The number of anilines is 1. The van der Waals surface area contributed by atoms with E-state index in [0.29, 0.717) is 5.69 Å². The van der Waals surface area contributed by atoms with Gasteiger partial charge in [-0.3, -0.25) is 10.3 Å². The summed E-state index contributed by atoms with van der Waals surface area (Å²) in [7, 11) is 0. The van der Waals surface area contributed by atoms with E-state index in [1.807, 2.05) is 54.6 Å². The fourth-order valence-corrected chi connectivity index (χ4v) is 2.09. The molecule has 1 amide bonds. The molecule has 0 atom stereocenters. The molecule has 0 aliphatic heterocycles. The van der Waals surface area contributed by atoms with E-state index in [-0.39, 0.29) is 6.61 Å². The van der Waals surface area contributed by atoms with Crippen LogP contribution in [-0.2, 0) is 11.3 Å². The predicted octanol–water partition coefficient (Wildman–Crippen LogP) is 3.98. The number of hydrogen-bond acceptors (Lipinski definition) is 3. The first-order valence-electron chi connectivity index (χ1n) is 6.63. The second-order valence-corrected chi connectivity index (χ2v) is 4.59. The quantitative estimate of drug-likeness (QED) is 0.788. The number of aromatic nitrogens is 1. The lowest BCUT2D eigenvalue weighted by atomic mass is 10.1. The second-order valence-electron chi connectivity index (χ2n) is 4.59. The Kier molecular flexibility index (Phi) is 3.78. The molecule has 0 spiro atoms. The minimum atomic E-state index is -0.477. The maximum Gasteiger partial charge on any atom is 0.411 e. The number of carbonyl (C=O) groups is 1. The summed E-state index contributed by atoms with van der Waals surface area (Å²) in [6.07, 6.45) is 2.97. The van der Waals surface area contributed by atoms with Crippen molar-refractivity contribution >= 4 is 22.6 Å². The molecule has 21 heavy (non-hydrogen) atoms. The Hall–Kier alpha value is -2.88.